The second-order valence-electron chi connectivity index (χ2n) is 8.32. The van der Waals surface area contributed by atoms with Crippen molar-refractivity contribution in [2.24, 2.45) is 0 Å². The molecule has 2 heterocycles. The normalized spacial score (nSPS) is 17.1. The van der Waals surface area contributed by atoms with Gasteiger partial charge in [-0.25, -0.2) is 9.97 Å². The quantitative estimate of drug-likeness (QED) is 0.376. The number of aliphatic hydroxyl groups is 1. The molecule has 184 valence electrons. The fraction of sp³-hybridized carbons (Fsp3) is 0.107. The van der Waals surface area contributed by atoms with Gasteiger partial charge in [-0.05, 0) is 72.9 Å². The molecule has 0 unspecified atom stereocenters. The number of thiazole rings is 2. The highest BCUT2D eigenvalue weighted by atomic mass is 32.1. The van der Waals surface area contributed by atoms with Crippen molar-refractivity contribution in [3.63, 3.8) is 0 Å². The predicted octanol–water partition coefficient (Wildman–Crippen LogP) is 4.93. The van der Waals surface area contributed by atoms with Gasteiger partial charge in [-0.1, -0.05) is 24.3 Å². The Morgan fingerprint density at radius 1 is 0.757 bits per heavy atom. The van der Waals surface area contributed by atoms with E-state index in [2.05, 4.69) is 9.97 Å². The van der Waals surface area contributed by atoms with Gasteiger partial charge in [-0.2, -0.15) is 0 Å². The standard InChI is InChI=1S/C15H11NO3S.C13H9NO2S/c1-10(17)19-15(8-6-11(18)7-9-15)14-16-12-4-2-3-5-13(12)20-14;15-9-5-7-13(16,8-6-9)12-14-10-3-1-2-4-11(10)17-12/h2-9H,1H3;1-8,16H. The molecule has 0 atom stereocenters. The number of carbonyl (C=O) groups excluding carboxylic acids is 3. The summed E-state index contributed by atoms with van der Waals surface area (Å²) in [5, 5.41) is 11.6. The molecule has 0 bridgehead atoms. The molecule has 6 rings (SSSR count). The van der Waals surface area contributed by atoms with Crippen molar-refractivity contribution in [3.05, 3.63) is 107 Å². The highest BCUT2D eigenvalue weighted by Crippen LogP contribution is 2.37. The minimum absolute atomic E-state index is 0.115. The average molecular weight is 529 g/mol. The summed E-state index contributed by atoms with van der Waals surface area (Å²) in [4.78, 5) is 42.7. The van der Waals surface area contributed by atoms with Crippen LogP contribution in [0.15, 0.2) is 97.1 Å². The number of ether oxygens (including phenoxy) is 1. The Labute approximate surface area is 219 Å². The summed E-state index contributed by atoms with van der Waals surface area (Å²) in [6.07, 6.45) is 11.6. The fourth-order valence-electron chi connectivity index (χ4n) is 3.77. The zero-order valence-corrected chi connectivity index (χ0v) is 21.2. The Bertz CT molecular complexity index is 1560. The van der Waals surface area contributed by atoms with Gasteiger partial charge in [-0.15, -0.1) is 22.7 Å². The molecule has 0 aliphatic heterocycles. The smallest absolute Gasteiger partial charge is 0.304 e. The van der Waals surface area contributed by atoms with E-state index in [0.29, 0.717) is 10.0 Å². The van der Waals surface area contributed by atoms with Gasteiger partial charge < -0.3 is 9.84 Å². The Kier molecular flexibility index (Phi) is 6.51. The number of hydrogen-bond donors (Lipinski definition) is 1. The molecule has 1 N–H and O–H groups in total. The lowest BCUT2D eigenvalue weighted by atomic mass is 9.98. The first kappa shape index (κ1) is 24.6. The first-order chi connectivity index (χ1) is 17.8. The summed E-state index contributed by atoms with van der Waals surface area (Å²) >= 11 is 2.87. The first-order valence-electron chi connectivity index (χ1n) is 11.3. The van der Waals surface area contributed by atoms with Gasteiger partial charge >= 0.3 is 5.97 Å². The molecule has 2 aliphatic carbocycles. The molecule has 0 saturated heterocycles. The molecule has 0 radical (unpaired) electrons. The van der Waals surface area contributed by atoms with Crippen molar-refractivity contribution in [3.8, 4) is 0 Å². The van der Waals surface area contributed by atoms with Crippen molar-refractivity contribution < 1.29 is 24.2 Å². The number of esters is 1. The van der Waals surface area contributed by atoms with Crippen LogP contribution in [-0.2, 0) is 30.3 Å². The summed E-state index contributed by atoms with van der Waals surface area (Å²) in [5.41, 5.74) is -0.626. The lowest BCUT2D eigenvalue weighted by Gasteiger charge is -2.25. The van der Waals surface area contributed by atoms with Crippen LogP contribution in [0.5, 0.6) is 0 Å². The van der Waals surface area contributed by atoms with Crippen LogP contribution in [0.3, 0.4) is 0 Å². The van der Waals surface area contributed by atoms with E-state index in [9.17, 15) is 19.5 Å². The van der Waals surface area contributed by atoms with E-state index in [1.54, 1.807) is 12.2 Å². The molecular formula is C28H20N2O5S2. The highest BCUT2D eigenvalue weighted by Gasteiger charge is 2.36. The monoisotopic (exact) mass is 528 g/mol. The van der Waals surface area contributed by atoms with Crippen molar-refractivity contribution in [2.75, 3.05) is 0 Å². The second-order valence-corrected chi connectivity index (χ2v) is 10.4. The molecule has 37 heavy (non-hydrogen) atoms. The van der Waals surface area contributed by atoms with Crippen molar-refractivity contribution >= 4 is 60.6 Å². The molecule has 2 aliphatic rings. The van der Waals surface area contributed by atoms with Gasteiger partial charge in [0.05, 0.1) is 20.4 Å². The Morgan fingerprint density at radius 2 is 1.22 bits per heavy atom. The lowest BCUT2D eigenvalue weighted by Crippen LogP contribution is -2.29. The maximum atomic E-state index is 11.4. The average Bonchev–Trinajstić information content (AvgIpc) is 3.53. The van der Waals surface area contributed by atoms with Crippen LogP contribution in [0.1, 0.15) is 16.9 Å². The minimum atomic E-state index is -1.25. The van der Waals surface area contributed by atoms with Gasteiger partial charge in [0.1, 0.15) is 10.0 Å². The summed E-state index contributed by atoms with van der Waals surface area (Å²) in [7, 11) is 0. The van der Waals surface area contributed by atoms with E-state index in [0.717, 1.165) is 20.4 Å². The highest BCUT2D eigenvalue weighted by molar-refractivity contribution is 7.19. The maximum absolute atomic E-state index is 11.4. The zero-order valence-electron chi connectivity index (χ0n) is 19.5. The van der Waals surface area contributed by atoms with E-state index in [1.807, 2.05) is 48.5 Å². The molecule has 0 fully saturated rings. The van der Waals surface area contributed by atoms with Crippen LogP contribution in [0.4, 0.5) is 0 Å². The first-order valence-corrected chi connectivity index (χ1v) is 12.9. The molecule has 2 aromatic heterocycles. The third kappa shape index (κ3) is 5.10. The van der Waals surface area contributed by atoms with E-state index in [4.69, 9.17) is 4.74 Å². The summed E-state index contributed by atoms with van der Waals surface area (Å²) < 4.78 is 7.46. The molecule has 4 aromatic rings. The number of rotatable bonds is 3. The van der Waals surface area contributed by atoms with E-state index < -0.39 is 17.2 Å². The maximum Gasteiger partial charge on any atom is 0.304 e. The van der Waals surface area contributed by atoms with Crippen LogP contribution in [0.2, 0.25) is 0 Å². The molecule has 9 heteroatoms. The number of ketones is 2. The fourth-order valence-corrected chi connectivity index (χ4v) is 5.84. The number of aromatic nitrogens is 2. The number of nitrogens with zero attached hydrogens (tertiary/aromatic N) is 2. The zero-order chi connectivity index (χ0) is 26.0. The van der Waals surface area contributed by atoms with Gasteiger partial charge in [0.2, 0.25) is 5.60 Å². The van der Waals surface area contributed by atoms with Crippen LogP contribution in [0, 0.1) is 0 Å². The largest absolute Gasteiger partial charge is 0.443 e. The third-order valence-electron chi connectivity index (χ3n) is 5.57. The molecule has 2 aromatic carbocycles. The van der Waals surface area contributed by atoms with Gasteiger partial charge in [0, 0.05) is 6.92 Å². The number of benzene rings is 2. The van der Waals surface area contributed by atoms with E-state index >= 15 is 0 Å². The Balaban J connectivity index is 0.000000153. The molecule has 7 nitrogen and oxygen atoms in total. The number of carbonyl (C=O) groups is 3. The Morgan fingerprint density at radius 3 is 1.73 bits per heavy atom. The minimum Gasteiger partial charge on any atom is -0.443 e. The second kappa shape index (κ2) is 9.78. The SMILES string of the molecule is CC(=O)OC1(c2nc3ccccc3s2)C=CC(=O)C=C1.O=C1C=CC(O)(c2nc3ccccc3s2)C=C1. The number of hydrogen-bond acceptors (Lipinski definition) is 9. The van der Waals surface area contributed by atoms with Crippen LogP contribution in [0.25, 0.3) is 20.4 Å². The number of fused-ring (bicyclic) bond motifs is 2. The van der Waals surface area contributed by atoms with Gasteiger partial charge in [-0.3, -0.25) is 14.4 Å². The van der Waals surface area contributed by atoms with Crippen molar-refractivity contribution in [2.45, 2.75) is 18.1 Å². The third-order valence-corrected chi connectivity index (χ3v) is 7.92. The van der Waals surface area contributed by atoms with Crippen LogP contribution < -0.4 is 0 Å². The molecule has 0 spiro atoms. The topological polar surface area (TPSA) is 106 Å². The van der Waals surface area contributed by atoms with Gasteiger partial charge in [0.25, 0.3) is 0 Å². The summed E-state index contributed by atoms with van der Waals surface area (Å²) in [5.74, 6) is -0.669. The summed E-state index contributed by atoms with van der Waals surface area (Å²) in [6.45, 7) is 1.34. The number of allylic oxidation sites excluding steroid dienone is 4. The van der Waals surface area contributed by atoms with Crippen molar-refractivity contribution in [1.82, 2.24) is 9.97 Å². The predicted molar refractivity (Wildman–Crippen MR) is 143 cm³/mol. The van der Waals surface area contributed by atoms with Crippen LogP contribution in [-0.4, -0.2) is 32.6 Å². The molecule has 0 saturated carbocycles. The van der Waals surface area contributed by atoms with Crippen molar-refractivity contribution in [1.29, 1.82) is 0 Å². The van der Waals surface area contributed by atoms with E-state index in [1.165, 1.54) is 66.1 Å². The Hall–Kier alpha value is -4.05. The van der Waals surface area contributed by atoms with E-state index in [-0.39, 0.29) is 11.6 Å². The molecule has 0 amide bonds. The number of para-hydroxylation sites is 2. The van der Waals surface area contributed by atoms with Crippen LogP contribution >= 0.6 is 22.7 Å². The van der Waals surface area contributed by atoms with Gasteiger partial charge in [0.15, 0.2) is 17.2 Å². The summed E-state index contributed by atoms with van der Waals surface area (Å²) in [6, 6.07) is 15.4. The lowest BCUT2D eigenvalue weighted by molar-refractivity contribution is -0.149. The molecular weight excluding hydrogens is 508 g/mol.